The molecule has 158 valence electrons. The molecule has 0 fully saturated rings. The maximum Gasteiger partial charge on any atom is 0.422 e. The largest absolute Gasteiger partial charge is 0.422 e. The Labute approximate surface area is 157 Å². The molecule has 2 rings (SSSR count). The molecule has 0 spiro atoms. The van der Waals surface area contributed by atoms with E-state index in [1.165, 1.54) is 19.2 Å². The number of nitro groups is 1. The topological polar surface area (TPSA) is 90.1 Å². The molecule has 1 heterocycles. The zero-order chi connectivity index (χ0) is 22.4. The average molecular weight is 428 g/mol. The lowest BCUT2D eigenvalue weighted by Gasteiger charge is -2.17. The van der Waals surface area contributed by atoms with Gasteiger partial charge in [0.15, 0.2) is 23.3 Å². The predicted molar refractivity (Wildman–Crippen MR) is 83.0 cm³/mol. The molecular formula is C15H11F7N4O3. The fourth-order valence-electron chi connectivity index (χ4n) is 2.62. The highest BCUT2D eigenvalue weighted by molar-refractivity contribution is 5.93. The van der Waals surface area contributed by atoms with Crippen LogP contribution in [-0.2, 0) is 11.0 Å². The van der Waals surface area contributed by atoms with Crippen molar-refractivity contribution >= 4 is 17.3 Å². The van der Waals surface area contributed by atoms with Crippen molar-refractivity contribution in [1.82, 2.24) is 9.78 Å². The highest BCUT2D eigenvalue weighted by Crippen LogP contribution is 2.38. The molecule has 0 bridgehead atoms. The molecule has 0 saturated carbocycles. The first-order chi connectivity index (χ1) is 13.2. The Balaban J connectivity index is 2.47. The van der Waals surface area contributed by atoms with Crippen LogP contribution in [0, 0.1) is 47.2 Å². The van der Waals surface area contributed by atoms with E-state index in [-0.39, 0.29) is 11.4 Å². The van der Waals surface area contributed by atoms with Gasteiger partial charge in [0, 0.05) is 0 Å². The standard InChI is InChI=1S/C15H11F7N4O3/c1-4-13(26(28)29)5(2)25(24-4)6(3)14(27)23-12-10(18)8(16)7(15(20,21)22)9(17)11(12)19/h6H,1-3H3,(H,23,27). The van der Waals surface area contributed by atoms with Gasteiger partial charge in [-0.1, -0.05) is 0 Å². The van der Waals surface area contributed by atoms with Crippen LogP contribution in [0.5, 0.6) is 0 Å². The number of aryl methyl sites for hydroxylation is 1. The molecule has 1 atom stereocenters. The molecule has 0 aliphatic heterocycles. The maximum atomic E-state index is 13.9. The van der Waals surface area contributed by atoms with Crippen molar-refractivity contribution in [3.63, 3.8) is 0 Å². The van der Waals surface area contributed by atoms with Gasteiger partial charge in [0.25, 0.3) is 0 Å². The Hall–Kier alpha value is -3.19. The second kappa shape index (κ2) is 7.33. The van der Waals surface area contributed by atoms with Crippen LogP contribution in [0.4, 0.5) is 42.1 Å². The minimum atomic E-state index is -5.73. The van der Waals surface area contributed by atoms with Crippen molar-refractivity contribution in [2.24, 2.45) is 0 Å². The number of anilines is 1. The van der Waals surface area contributed by atoms with Crippen LogP contribution >= 0.6 is 0 Å². The predicted octanol–water partition coefficient (Wildman–Crippen LogP) is 4.18. The summed E-state index contributed by atoms with van der Waals surface area (Å²) in [7, 11) is 0. The van der Waals surface area contributed by atoms with E-state index < -0.39 is 63.3 Å². The van der Waals surface area contributed by atoms with Gasteiger partial charge in [-0.25, -0.2) is 17.6 Å². The fraction of sp³-hybridized carbons (Fsp3) is 0.333. The number of halogens is 7. The lowest BCUT2D eigenvalue weighted by Crippen LogP contribution is -2.27. The SMILES string of the molecule is Cc1nn(C(C)C(=O)Nc2c(F)c(F)c(C(F)(F)F)c(F)c2F)c(C)c1[N+](=O)[O-]. The summed E-state index contributed by atoms with van der Waals surface area (Å²) in [5.41, 5.74) is -5.20. The van der Waals surface area contributed by atoms with E-state index in [1.54, 1.807) is 0 Å². The molecule has 29 heavy (non-hydrogen) atoms. The number of benzene rings is 1. The normalized spacial score (nSPS) is 12.8. The number of nitrogens with zero attached hydrogens (tertiary/aromatic N) is 3. The van der Waals surface area contributed by atoms with Crippen LogP contribution in [0.3, 0.4) is 0 Å². The van der Waals surface area contributed by atoms with E-state index in [0.717, 1.165) is 11.6 Å². The van der Waals surface area contributed by atoms with Crippen LogP contribution in [0.2, 0.25) is 0 Å². The number of rotatable bonds is 4. The second-order valence-electron chi connectivity index (χ2n) is 5.89. The lowest BCUT2D eigenvalue weighted by molar-refractivity contribution is -0.386. The number of nitrogens with one attached hydrogen (secondary N) is 1. The molecule has 0 radical (unpaired) electrons. The van der Waals surface area contributed by atoms with Gasteiger partial charge in [-0.2, -0.15) is 18.3 Å². The van der Waals surface area contributed by atoms with Crippen molar-refractivity contribution in [1.29, 1.82) is 0 Å². The molecule has 1 N–H and O–H groups in total. The zero-order valence-corrected chi connectivity index (χ0v) is 14.8. The number of aromatic nitrogens is 2. The molecule has 0 saturated heterocycles. The number of carbonyl (C=O) groups is 1. The van der Waals surface area contributed by atoms with Crippen molar-refractivity contribution in [3.8, 4) is 0 Å². The third kappa shape index (κ3) is 3.73. The van der Waals surface area contributed by atoms with E-state index >= 15 is 0 Å². The Kier molecular flexibility index (Phi) is 5.59. The Morgan fingerprint density at radius 3 is 1.97 bits per heavy atom. The number of carbonyl (C=O) groups excluding carboxylic acids is 1. The van der Waals surface area contributed by atoms with Gasteiger partial charge in [-0.05, 0) is 20.8 Å². The first-order valence-corrected chi connectivity index (χ1v) is 7.64. The highest BCUT2D eigenvalue weighted by atomic mass is 19.4. The van der Waals surface area contributed by atoms with Gasteiger partial charge in [0.05, 0.1) is 4.92 Å². The number of hydrogen-bond donors (Lipinski definition) is 1. The zero-order valence-electron chi connectivity index (χ0n) is 14.8. The molecule has 0 aliphatic carbocycles. The molecule has 2 aromatic rings. The van der Waals surface area contributed by atoms with E-state index in [4.69, 9.17) is 0 Å². The number of hydrogen-bond acceptors (Lipinski definition) is 4. The van der Waals surface area contributed by atoms with Crippen LogP contribution in [0.25, 0.3) is 0 Å². The third-order valence-electron chi connectivity index (χ3n) is 4.01. The lowest BCUT2D eigenvalue weighted by atomic mass is 10.1. The van der Waals surface area contributed by atoms with Crippen LogP contribution in [-0.4, -0.2) is 20.6 Å². The Morgan fingerprint density at radius 1 is 1.10 bits per heavy atom. The van der Waals surface area contributed by atoms with Gasteiger partial charge in [0.1, 0.15) is 28.7 Å². The number of alkyl halides is 3. The van der Waals surface area contributed by atoms with Crippen LogP contribution in [0.15, 0.2) is 0 Å². The summed E-state index contributed by atoms with van der Waals surface area (Å²) in [6.07, 6.45) is -5.73. The minimum Gasteiger partial charge on any atom is -0.319 e. The summed E-state index contributed by atoms with van der Waals surface area (Å²) in [6, 6.07) is -1.48. The van der Waals surface area contributed by atoms with E-state index in [9.17, 15) is 45.6 Å². The molecule has 14 heteroatoms. The molecule has 1 aromatic carbocycles. The van der Waals surface area contributed by atoms with Crippen molar-refractivity contribution < 1.29 is 40.5 Å². The summed E-state index contributed by atoms with van der Waals surface area (Å²) < 4.78 is 93.7. The van der Waals surface area contributed by atoms with E-state index in [1.807, 2.05) is 0 Å². The summed E-state index contributed by atoms with van der Waals surface area (Å²) in [4.78, 5) is 22.4. The van der Waals surface area contributed by atoms with Crippen molar-refractivity contribution in [3.05, 3.63) is 50.3 Å². The van der Waals surface area contributed by atoms with Gasteiger partial charge in [0.2, 0.25) is 5.91 Å². The summed E-state index contributed by atoms with van der Waals surface area (Å²) >= 11 is 0. The fourth-order valence-corrected chi connectivity index (χ4v) is 2.62. The smallest absolute Gasteiger partial charge is 0.319 e. The van der Waals surface area contributed by atoms with E-state index in [2.05, 4.69) is 5.10 Å². The van der Waals surface area contributed by atoms with Gasteiger partial charge in [-0.15, -0.1) is 0 Å². The number of amides is 1. The van der Waals surface area contributed by atoms with Crippen molar-refractivity contribution in [2.75, 3.05) is 5.32 Å². The van der Waals surface area contributed by atoms with Crippen molar-refractivity contribution in [2.45, 2.75) is 33.0 Å². The minimum absolute atomic E-state index is 0.0869. The highest BCUT2D eigenvalue weighted by Gasteiger charge is 2.42. The van der Waals surface area contributed by atoms with Gasteiger partial charge in [-0.3, -0.25) is 19.6 Å². The maximum absolute atomic E-state index is 13.9. The van der Waals surface area contributed by atoms with Gasteiger partial charge >= 0.3 is 11.9 Å². The molecule has 1 amide bonds. The first-order valence-electron chi connectivity index (χ1n) is 7.64. The monoisotopic (exact) mass is 428 g/mol. The third-order valence-corrected chi connectivity index (χ3v) is 4.01. The van der Waals surface area contributed by atoms with Crippen LogP contribution in [0.1, 0.15) is 29.9 Å². The summed E-state index contributed by atoms with van der Waals surface area (Å²) in [6.45, 7) is 3.57. The second-order valence-corrected chi connectivity index (χ2v) is 5.89. The molecule has 0 aliphatic rings. The average Bonchev–Trinajstić information content (AvgIpc) is 2.89. The molecule has 1 aromatic heterocycles. The molecular weight excluding hydrogens is 417 g/mol. The molecule has 7 nitrogen and oxygen atoms in total. The first kappa shape index (κ1) is 22.1. The summed E-state index contributed by atoms with van der Waals surface area (Å²) in [5, 5.41) is 16.2. The Bertz CT molecular complexity index is 988. The van der Waals surface area contributed by atoms with E-state index in [0.29, 0.717) is 0 Å². The van der Waals surface area contributed by atoms with Crippen LogP contribution < -0.4 is 5.32 Å². The van der Waals surface area contributed by atoms with Gasteiger partial charge < -0.3 is 5.32 Å². The summed E-state index contributed by atoms with van der Waals surface area (Å²) in [5.74, 6) is -11.7. The quantitative estimate of drug-likeness (QED) is 0.342. The molecule has 1 unspecified atom stereocenters. The Morgan fingerprint density at radius 2 is 1.59 bits per heavy atom.